The van der Waals surface area contributed by atoms with Gasteiger partial charge in [0.15, 0.2) is 5.78 Å². The Labute approximate surface area is 133 Å². The number of carbonyl (C=O) groups excluding carboxylic acids is 1. The molecule has 0 atom stereocenters. The predicted molar refractivity (Wildman–Crippen MR) is 87.9 cm³/mol. The number of nitrogens with two attached hydrogens (primary N) is 1. The molecule has 21 heavy (non-hydrogen) atoms. The van der Waals surface area contributed by atoms with Crippen LogP contribution in [-0.4, -0.2) is 19.4 Å². The van der Waals surface area contributed by atoms with Gasteiger partial charge in [-0.2, -0.15) is 0 Å². The molecule has 0 saturated heterocycles. The van der Waals surface area contributed by atoms with E-state index in [1.54, 1.807) is 7.11 Å². The number of benzene rings is 2. The van der Waals surface area contributed by atoms with Crippen molar-refractivity contribution in [3.63, 3.8) is 0 Å². The van der Waals surface area contributed by atoms with E-state index in [2.05, 4.69) is 15.9 Å². The Kier molecular flexibility index (Phi) is 5.53. The summed E-state index contributed by atoms with van der Waals surface area (Å²) in [7, 11) is 1.61. The monoisotopic (exact) mass is 347 g/mol. The minimum Gasteiger partial charge on any atom is -0.496 e. The van der Waals surface area contributed by atoms with Crippen molar-refractivity contribution in [1.82, 2.24) is 0 Å². The maximum Gasteiger partial charge on any atom is 0.167 e. The molecule has 0 aromatic heterocycles. The van der Waals surface area contributed by atoms with E-state index in [1.807, 2.05) is 42.5 Å². The molecule has 0 aliphatic heterocycles. The molecule has 2 N–H and O–H groups in total. The van der Waals surface area contributed by atoms with Crippen LogP contribution in [0.4, 0.5) is 0 Å². The molecule has 0 fully saturated rings. The summed E-state index contributed by atoms with van der Waals surface area (Å²) in [6, 6.07) is 13.3. The fourth-order valence-corrected chi connectivity index (χ4v) is 2.73. The molecular formula is C17H18BrNO2. The highest BCUT2D eigenvalue weighted by Crippen LogP contribution is 2.25. The van der Waals surface area contributed by atoms with Crippen LogP contribution in [-0.2, 0) is 12.8 Å². The van der Waals surface area contributed by atoms with Gasteiger partial charge in [0.05, 0.1) is 7.11 Å². The maximum absolute atomic E-state index is 12.6. The number of hydrogen-bond donors (Lipinski definition) is 1. The quantitative estimate of drug-likeness (QED) is 0.815. The highest BCUT2D eigenvalue weighted by atomic mass is 79.9. The first-order valence-electron chi connectivity index (χ1n) is 6.79. The van der Waals surface area contributed by atoms with Crippen molar-refractivity contribution in [1.29, 1.82) is 0 Å². The van der Waals surface area contributed by atoms with E-state index in [9.17, 15) is 4.79 Å². The molecule has 3 nitrogen and oxygen atoms in total. The Morgan fingerprint density at radius 2 is 1.95 bits per heavy atom. The summed E-state index contributed by atoms with van der Waals surface area (Å²) < 4.78 is 6.25. The Bertz CT molecular complexity index is 640. The SMILES string of the molecule is COc1ccc(Br)cc1CC(=O)c1ccccc1CCN. The standard InChI is InChI=1S/C17H18BrNO2/c1-21-17-7-6-14(18)10-13(17)11-16(20)15-5-3-2-4-12(15)8-9-19/h2-7,10H,8-9,11,19H2,1H3. The van der Waals surface area contributed by atoms with E-state index in [4.69, 9.17) is 10.5 Å². The van der Waals surface area contributed by atoms with Crippen LogP contribution >= 0.6 is 15.9 Å². The molecule has 0 aliphatic rings. The van der Waals surface area contributed by atoms with Gasteiger partial charge in [0.1, 0.15) is 5.75 Å². The van der Waals surface area contributed by atoms with Crippen LogP contribution in [0.2, 0.25) is 0 Å². The number of hydrogen-bond acceptors (Lipinski definition) is 3. The zero-order chi connectivity index (χ0) is 15.2. The smallest absolute Gasteiger partial charge is 0.167 e. The van der Waals surface area contributed by atoms with Crippen LogP contribution < -0.4 is 10.5 Å². The van der Waals surface area contributed by atoms with E-state index in [-0.39, 0.29) is 5.78 Å². The van der Waals surface area contributed by atoms with E-state index < -0.39 is 0 Å². The molecule has 0 amide bonds. The third-order valence-electron chi connectivity index (χ3n) is 3.32. The number of methoxy groups -OCH3 is 1. The lowest BCUT2D eigenvalue weighted by molar-refractivity contribution is 0.0991. The highest BCUT2D eigenvalue weighted by molar-refractivity contribution is 9.10. The second-order valence-corrected chi connectivity index (χ2v) is 5.67. The van der Waals surface area contributed by atoms with Gasteiger partial charge >= 0.3 is 0 Å². The molecule has 2 rings (SSSR count). The minimum absolute atomic E-state index is 0.0791. The number of ether oxygens (including phenoxy) is 1. The van der Waals surface area contributed by atoms with E-state index in [1.165, 1.54) is 0 Å². The summed E-state index contributed by atoms with van der Waals surface area (Å²) in [6.45, 7) is 0.532. The Morgan fingerprint density at radius 3 is 2.67 bits per heavy atom. The predicted octanol–water partition coefficient (Wildman–Crippen LogP) is 3.38. The number of rotatable bonds is 6. The van der Waals surface area contributed by atoms with Crippen molar-refractivity contribution in [2.24, 2.45) is 5.73 Å². The first-order chi connectivity index (χ1) is 10.2. The maximum atomic E-state index is 12.6. The molecular weight excluding hydrogens is 330 g/mol. The van der Waals surface area contributed by atoms with Gasteiger partial charge in [-0.1, -0.05) is 40.2 Å². The number of halogens is 1. The molecule has 0 aliphatic carbocycles. The largest absolute Gasteiger partial charge is 0.496 e. The molecule has 0 heterocycles. The molecule has 110 valence electrons. The van der Waals surface area contributed by atoms with Crippen molar-refractivity contribution in [3.8, 4) is 5.75 Å². The van der Waals surface area contributed by atoms with Crippen molar-refractivity contribution in [3.05, 3.63) is 63.6 Å². The van der Waals surface area contributed by atoms with E-state index >= 15 is 0 Å². The number of ketones is 1. The third-order valence-corrected chi connectivity index (χ3v) is 3.82. The van der Waals surface area contributed by atoms with Crippen molar-refractivity contribution in [2.75, 3.05) is 13.7 Å². The van der Waals surface area contributed by atoms with Gasteiger partial charge in [0, 0.05) is 22.0 Å². The zero-order valence-electron chi connectivity index (χ0n) is 11.9. The van der Waals surface area contributed by atoms with Gasteiger partial charge in [-0.3, -0.25) is 4.79 Å². The molecule has 0 spiro atoms. The van der Waals surface area contributed by atoms with Crippen LogP contribution in [0.3, 0.4) is 0 Å². The average molecular weight is 348 g/mol. The van der Waals surface area contributed by atoms with Gasteiger partial charge in [-0.25, -0.2) is 0 Å². The summed E-state index contributed by atoms with van der Waals surface area (Å²) in [5, 5.41) is 0. The lowest BCUT2D eigenvalue weighted by Gasteiger charge is -2.11. The van der Waals surface area contributed by atoms with Gasteiger partial charge in [0.25, 0.3) is 0 Å². The zero-order valence-corrected chi connectivity index (χ0v) is 13.5. The van der Waals surface area contributed by atoms with Crippen LogP contribution in [0.1, 0.15) is 21.5 Å². The summed E-state index contributed by atoms with van der Waals surface area (Å²) in [6.07, 6.45) is 1.02. The lowest BCUT2D eigenvalue weighted by atomic mass is 9.96. The molecule has 0 saturated carbocycles. The van der Waals surface area contributed by atoms with E-state index in [0.29, 0.717) is 19.4 Å². The molecule has 2 aromatic carbocycles. The van der Waals surface area contributed by atoms with Gasteiger partial charge < -0.3 is 10.5 Å². The second kappa shape index (κ2) is 7.38. The Balaban J connectivity index is 2.28. The third kappa shape index (κ3) is 3.93. The van der Waals surface area contributed by atoms with Crippen LogP contribution in [0.5, 0.6) is 5.75 Å². The summed E-state index contributed by atoms with van der Waals surface area (Å²) in [5.74, 6) is 0.804. The normalized spacial score (nSPS) is 10.4. The van der Waals surface area contributed by atoms with Crippen molar-refractivity contribution < 1.29 is 9.53 Å². The Hall–Kier alpha value is -1.65. The number of carbonyl (C=O) groups is 1. The minimum atomic E-state index is 0.0791. The number of Topliss-reactive ketones (excluding diaryl/α,β-unsaturated/α-hetero) is 1. The molecule has 2 aromatic rings. The van der Waals surface area contributed by atoms with E-state index in [0.717, 1.165) is 26.9 Å². The average Bonchev–Trinajstić information content (AvgIpc) is 2.48. The summed E-state index contributed by atoms with van der Waals surface area (Å²) >= 11 is 3.43. The molecule has 0 bridgehead atoms. The van der Waals surface area contributed by atoms with Gasteiger partial charge in [-0.15, -0.1) is 0 Å². The van der Waals surface area contributed by atoms with Crippen LogP contribution in [0.15, 0.2) is 46.9 Å². The highest BCUT2D eigenvalue weighted by Gasteiger charge is 2.14. The van der Waals surface area contributed by atoms with Crippen molar-refractivity contribution >= 4 is 21.7 Å². The first kappa shape index (κ1) is 15.7. The van der Waals surface area contributed by atoms with Gasteiger partial charge in [-0.05, 0) is 36.7 Å². The summed E-state index contributed by atoms with van der Waals surface area (Å²) in [4.78, 5) is 12.6. The second-order valence-electron chi connectivity index (χ2n) is 4.75. The fourth-order valence-electron chi connectivity index (χ4n) is 2.32. The molecule has 4 heteroatoms. The fraction of sp³-hybridized carbons (Fsp3) is 0.235. The lowest BCUT2D eigenvalue weighted by Crippen LogP contribution is -2.11. The Morgan fingerprint density at radius 1 is 1.19 bits per heavy atom. The topological polar surface area (TPSA) is 52.3 Å². The van der Waals surface area contributed by atoms with Crippen LogP contribution in [0, 0.1) is 0 Å². The van der Waals surface area contributed by atoms with Gasteiger partial charge in [0.2, 0.25) is 0 Å². The van der Waals surface area contributed by atoms with Crippen molar-refractivity contribution in [2.45, 2.75) is 12.8 Å². The van der Waals surface area contributed by atoms with Crippen LogP contribution in [0.25, 0.3) is 0 Å². The summed E-state index contributed by atoms with van der Waals surface area (Å²) in [5.41, 5.74) is 8.22. The molecule has 0 radical (unpaired) electrons. The molecule has 0 unspecified atom stereocenters. The first-order valence-corrected chi connectivity index (χ1v) is 7.58.